The number of halogens is 1. The Morgan fingerprint density at radius 2 is 2.14 bits per heavy atom. The number of nitriles is 1. The van der Waals surface area contributed by atoms with Crippen molar-refractivity contribution in [1.82, 2.24) is 10.2 Å². The topological polar surface area (TPSA) is 56.1 Å². The zero-order valence-electron chi connectivity index (χ0n) is 11.9. The number of carbonyl (C=O) groups is 1. The van der Waals surface area contributed by atoms with Crippen LogP contribution in [0.4, 0.5) is 4.39 Å². The third kappa shape index (κ3) is 2.77. The average molecular weight is 287 g/mol. The molecule has 0 saturated carbocycles. The summed E-state index contributed by atoms with van der Waals surface area (Å²) in [5, 5.41) is 12.2. The van der Waals surface area contributed by atoms with Crippen molar-refractivity contribution in [2.45, 2.75) is 25.8 Å². The molecule has 2 fully saturated rings. The lowest BCUT2D eigenvalue weighted by atomic mass is 9.78. The van der Waals surface area contributed by atoms with Crippen LogP contribution in [0.3, 0.4) is 0 Å². The number of rotatable bonds is 2. The van der Waals surface area contributed by atoms with Crippen LogP contribution < -0.4 is 5.32 Å². The third-order valence-corrected chi connectivity index (χ3v) is 4.61. The van der Waals surface area contributed by atoms with Crippen molar-refractivity contribution >= 4 is 5.91 Å². The quantitative estimate of drug-likeness (QED) is 0.902. The van der Waals surface area contributed by atoms with Gasteiger partial charge in [-0.1, -0.05) is 0 Å². The molecule has 1 N–H and O–H groups in total. The maximum absolute atomic E-state index is 13.9. The molecule has 0 bridgehead atoms. The van der Waals surface area contributed by atoms with E-state index in [9.17, 15) is 9.18 Å². The SMILES string of the molecule is N#Cc1ccc(F)c(CN2CC3(CCNCC3)CC2=O)c1. The molecule has 0 radical (unpaired) electrons. The second-order valence-corrected chi connectivity index (χ2v) is 6.09. The second-order valence-electron chi connectivity index (χ2n) is 6.09. The molecule has 1 aromatic carbocycles. The Bertz CT molecular complexity index is 602. The van der Waals surface area contributed by atoms with Crippen molar-refractivity contribution in [3.8, 4) is 6.07 Å². The Hall–Kier alpha value is -1.93. The number of likely N-dealkylation sites (tertiary alicyclic amines) is 1. The van der Waals surface area contributed by atoms with Crippen LogP contribution in [0, 0.1) is 22.6 Å². The maximum atomic E-state index is 13.9. The standard InChI is InChI=1S/C16H18FN3O/c17-14-2-1-12(9-18)7-13(14)10-20-11-16(8-15(20)21)3-5-19-6-4-16/h1-2,7,19H,3-6,8,10-11H2. The van der Waals surface area contributed by atoms with Gasteiger partial charge in [0.15, 0.2) is 0 Å². The summed E-state index contributed by atoms with van der Waals surface area (Å²) in [5.41, 5.74) is 0.911. The molecule has 4 nitrogen and oxygen atoms in total. The van der Waals surface area contributed by atoms with Gasteiger partial charge in [-0.15, -0.1) is 0 Å². The minimum Gasteiger partial charge on any atom is -0.338 e. The van der Waals surface area contributed by atoms with E-state index in [0.717, 1.165) is 25.9 Å². The van der Waals surface area contributed by atoms with Crippen molar-refractivity contribution in [2.24, 2.45) is 5.41 Å². The van der Waals surface area contributed by atoms with E-state index in [1.165, 1.54) is 18.2 Å². The molecule has 21 heavy (non-hydrogen) atoms. The fourth-order valence-corrected chi connectivity index (χ4v) is 3.39. The molecule has 0 unspecified atom stereocenters. The van der Waals surface area contributed by atoms with Crippen LogP contribution in [-0.2, 0) is 11.3 Å². The first-order valence-electron chi connectivity index (χ1n) is 7.29. The molecule has 2 saturated heterocycles. The van der Waals surface area contributed by atoms with Crippen molar-refractivity contribution in [3.63, 3.8) is 0 Å². The molecule has 110 valence electrons. The number of piperidine rings is 1. The fourth-order valence-electron chi connectivity index (χ4n) is 3.39. The van der Waals surface area contributed by atoms with Crippen LogP contribution in [0.1, 0.15) is 30.4 Å². The molecule has 1 aromatic rings. The molecule has 0 aliphatic carbocycles. The lowest BCUT2D eigenvalue weighted by Gasteiger charge is -2.33. The van der Waals surface area contributed by atoms with Crippen LogP contribution in [0.25, 0.3) is 0 Å². The van der Waals surface area contributed by atoms with Gasteiger partial charge in [0.05, 0.1) is 11.6 Å². The van der Waals surface area contributed by atoms with Crippen LogP contribution in [0.2, 0.25) is 0 Å². The van der Waals surface area contributed by atoms with Gasteiger partial charge in [-0.05, 0) is 49.5 Å². The van der Waals surface area contributed by atoms with Crippen LogP contribution in [-0.4, -0.2) is 30.4 Å². The Balaban J connectivity index is 1.76. The van der Waals surface area contributed by atoms with Crippen molar-refractivity contribution in [3.05, 3.63) is 35.1 Å². The smallest absolute Gasteiger partial charge is 0.223 e. The highest BCUT2D eigenvalue weighted by Gasteiger charge is 2.43. The monoisotopic (exact) mass is 287 g/mol. The van der Waals surface area contributed by atoms with E-state index in [1.807, 2.05) is 6.07 Å². The number of nitrogens with one attached hydrogen (secondary N) is 1. The summed E-state index contributed by atoms with van der Waals surface area (Å²) in [4.78, 5) is 14.0. The minimum absolute atomic E-state index is 0.0612. The van der Waals surface area contributed by atoms with Crippen molar-refractivity contribution in [2.75, 3.05) is 19.6 Å². The van der Waals surface area contributed by atoms with Crippen molar-refractivity contribution in [1.29, 1.82) is 5.26 Å². The van der Waals surface area contributed by atoms with Gasteiger partial charge in [-0.25, -0.2) is 4.39 Å². The van der Waals surface area contributed by atoms with E-state index < -0.39 is 0 Å². The van der Waals surface area contributed by atoms with E-state index in [4.69, 9.17) is 5.26 Å². The molecule has 1 spiro atoms. The molecule has 1 amide bonds. The molecular formula is C16H18FN3O. The fraction of sp³-hybridized carbons (Fsp3) is 0.500. The summed E-state index contributed by atoms with van der Waals surface area (Å²) < 4.78 is 13.9. The summed E-state index contributed by atoms with van der Waals surface area (Å²) >= 11 is 0. The van der Waals surface area contributed by atoms with Gasteiger partial charge in [0, 0.05) is 25.1 Å². The van der Waals surface area contributed by atoms with E-state index in [2.05, 4.69) is 5.32 Å². The minimum atomic E-state index is -0.354. The van der Waals surface area contributed by atoms with Crippen LogP contribution in [0.5, 0.6) is 0 Å². The van der Waals surface area contributed by atoms with Gasteiger partial charge in [0.2, 0.25) is 5.91 Å². The Morgan fingerprint density at radius 3 is 2.86 bits per heavy atom. The van der Waals surface area contributed by atoms with Crippen LogP contribution >= 0.6 is 0 Å². The molecule has 2 aliphatic heterocycles. The van der Waals surface area contributed by atoms with Crippen LogP contribution in [0.15, 0.2) is 18.2 Å². The number of nitrogens with zero attached hydrogens (tertiary/aromatic N) is 2. The van der Waals surface area contributed by atoms with Gasteiger partial charge in [-0.2, -0.15) is 5.26 Å². The van der Waals surface area contributed by atoms with Gasteiger partial charge < -0.3 is 10.2 Å². The Kier molecular flexibility index (Phi) is 3.64. The van der Waals surface area contributed by atoms with Gasteiger partial charge >= 0.3 is 0 Å². The highest BCUT2D eigenvalue weighted by molar-refractivity contribution is 5.79. The predicted molar refractivity (Wildman–Crippen MR) is 75.7 cm³/mol. The molecule has 2 heterocycles. The molecule has 2 aliphatic rings. The number of carbonyl (C=O) groups excluding carboxylic acids is 1. The first-order valence-corrected chi connectivity index (χ1v) is 7.29. The predicted octanol–water partition coefficient (Wildman–Crippen LogP) is 1.80. The highest BCUT2D eigenvalue weighted by atomic mass is 19.1. The van der Waals surface area contributed by atoms with E-state index in [0.29, 0.717) is 24.1 Å². The van der Waals surface area contributed by atoms with Crippen molar-refractivity contribution < 1.29 is 9.18 Å². The second kappa shape index (κ2) is 5.45. The molecular weight excluding hydrogens is 269 g/mol. The summed E-state index contributed by atoms with van der Waals surface area (Å²) in [6, 6.07) is 6.30. The molecule has 5 heteroatoms. The first kappa shape index (κ1) is 14.0. The average Bonchev–Trinajstić information content (AvgIpc) is 2.77. The number of amides is 1. The number of hydrogen-bond acceptors (Lipinski definition) is 3. The molecule has 0 aromatic heterocycles. The lowest BCUT2D eigenvalue weighted by Crippen LogP contribution is -2.38. The number of benzene rings is 1. The Labute approximate surface area is 123 Å². The van der Waals surface area contributed by atoms with Gasteiger partial charge in [0.25, 0.3) is 0 Å². The number of hydrogen-bond donors (Lipinski definition) is 1. The normalized spacial score (nSPS) is 20.8. The largest absolute Gasteiger partial charge is 0.338 e. The van der Waals surface area contributed by atoms with Gasteiger partial charge in [-0.3, -0.25) is 4.79 Å². The summed E-state index contributed by atoms with van der Waals surface area (Å²) in [6.45, 7) is 2.85. The van der Waals surface area contributed by atoms with E-state index in [1.54, 1.807) is 4.90 Å². The lowest BCUT2D eigenvalue weighted by molar-refractivity contribution is -0.128. The summed E-state index contributed by atoms with van der Waals surface area (Å²) in [5.74, 6) is -0.258. The van der Waals surface area contributed by atoms with E-state index >= 15 is 0 Å². The molecule has 3 rings (SSSR count). The highest BCUT2D eigenvalue weighted by Crippen LogP contribution is 2.39. The summed E-state index contributed by atoms with van der Waals surface area (Å²) in [7, 11) is 0. The first-order chi connectivity index (χ1) is 10.1. The van der Waals surface area contributed by atoms with Gasteiger partial charge in [0.1, 0.15) is 5.82 Å². The zero-order chi connectivity index (χ0) is 14.9. The zero-order valence-corrected chi connectivity index (χ0v) is 11.9. The maximum Gasteiger partial charge on any atom is 0.223 e. The molecule has 0 atom stereocenters. The third-order valence-electron chi connectivity index (χ3n) is 4.61. The Morgan fingerprint density at radius 1 is 1.38 bits per heavy atom. The summed E-state index contributed by atoms with van der Waals surface area (Å²) in [6.07, 6.45) is 2.56. The van der Waals surface area contributed by atoms with E-state index in [-0.39, 0.29) is 23.7 Å².